The van der Waals surface area contributed by atoms with Gasteiger partial charge in [0.05, 0.1) is 10.3 Å². The van der Waals surface area contributed by atoms with Crippen molar-refractivity contribution in [2.75, 3.05) is 6.61 Å². The molecule has 0 aliphatic heterocycles. The van der Waals surface area contributed by atoms with Gasteiger partial charge in [-0.2, -0.15) is 5.26 Å². The van der Waals surface area contributed by atoms with Crippen molar-refractivity contribution in [2.45, 2.75) is 6.92 Å². The van der Waals surface area contributed by atoms with Gasteiger partial charge in [0.1, 0.15) is 11.6 Å². The number of carbonyl (C=O) groups excluding carboxylic acids is 2. The summed E-state index contributed by atoms with van der Waals surface area (Å²) in [5, 5.41) is 11.7. The molecular weight excluding hydrogens is 298 g/mol. The molecule has 0 N–H and O–H groups in total. The van der Waals surface area contributed by atoms with Crippen LogP contribution in [0.3, 0.4) is 0 Å². The molecule has 108 valence electrons. The maximum absolute atomic E-state index is 11.9. The second-order valence-electron chi connectivity index (χ2n) is 4.38. The van der Waals surface area contributed by atoms with Crippen LogP contribution in [0, 0.1) is 23.7 Å². The van der Waals surface area contributed by atoms with Gasteiger partial charge in [0.2, 0.25) is 0 Å². The number of fused-ring (bicyclic) bond motifs is 1. The van der Waals surface area contributed by atoms with Gasteiger partial charge in [0.15, 0.2) is 12.4 Å². The Balaban J connectivity index is 2.50. The summed E-state index contributed by atoms with van der Waals surface area (Å²) in [5.74, 6) is 1.03. The highest BCUT2D eigenvalue weighted by molar-refractivity contribution is 7.17. The molecule has 1 heterocycles. The third-order valence-corrected chi connectivity index (χ3v) is 3.98. The monoisotopic (exact) mass is 309 g/mol. The van der Waals surface area contributed by atoms with Crippen molar-refractivity contribution < 1.29 is 14.3 Å². The van der Waals surface area contributed by atoms with Crippen molar-refractivity contribution in [3.8, 4) is 18.4 Å². The first kappa shape index (κ1) is 15.5. The lowest BCUT2D eigenvalue weighted by Crippen LogP contribution is -2.13. The van der Waals surface area contributed by atoms with Gasteiger partial charge in [0, 0.05) is 5.39 Å². The minimum Gasteiger partial charge on any atom is -0.449 e. The van der Waals surface area contributed by atoms with E-state index in [1.807, 2.05) is 6.07 Å². The fraction of sp³-hybridized carbons (Fsp3) is 0.118. The van der Waals surface area contributed by atoms with E-state index in [1.54, 1.807) is 17.5 Å². The van der Waals surface area contributed by atoms with Crippen LogP contribution in [0.2, 0.25) is 0 Å². The third kappa shape index (κ3) is 3.06. The molecule has 0 atom stereocenters. The standard InChI is InChI=1S/C17H11NO3S/c1-3-7-21-17(20)15(11(2)19)8-13-10-22-16-12(9-18)5-4-6-14(13)16/h1,4-6,8,10H,7H2,2H3/b15-8+. The van der Waals surface area contributed by atoms with Crippen molar-refractivity contribution in [3.63, 3.8) is 0 Å². The Morgan fingerprint density at radius 2 is 2.23 bits per heavy atom. The highest BCUT2D eigenvalue weighted by Gasteiger charge is 2.17. The number of hydrogen-bond donors (Lipinski definition) is 0. The van der Waals surface area contributed by atoms with E-state index in [0.717, 1.165) is 10.1 Å². The van der Waals surface area contributed by atoms with Crippen LogP contribution in [0.5, 0.6) is 0 Å². The van der Waals surface area contributed by atoms with Gasteiger partial charge in [0.25, 0.3) is 0 Å². The second kappa shape index (κ2) is 6.71. The Morgan fingerprint density at radius 3 is 2.86 bits per heavy atom. The molecule has 0 unspecified atom stereocenters. The maximum atomic E-state index is 11.9. The Hall–Kier alpha value is -2.89. The minimum atomic E-state index is -0.749. The lowest BCUT2D eigenvalue weighted by atomic mass is 10.1. The fourth-order valence-electron chi connectivity index (χ4n) is 1.92. The van der Waals surface area contributed by atoms with Crippen molar-refractivity contribution in [2.24, 2.45) is 0 Å². The normalized spacial score (nSPS) is 10.8. The SMILES string of the molecule is C#CCOC(=O)/C(=C/c1csc2c(C#N)cccc12)C(C)=O. The molecule has 0 saturated heterocycles. The summed E-state index contributed by atoms with van der Waals surface area (Å²) in [6, 6.07) is 7.44. The van der Waals surface area contributed by atoms with Gasteiger partial charge in [-0.05, 0) is 30.0 Å². The van der Waals surface area contributed by atoms with Gasteiger partial charge in [-0.25, -0.2) is 4.79 Å². The molecular formula is C17H11NO3S. The molecule has 1 aromatic carbocycles. The predicted octanol–water partition coefficient (Wildman–Crippen LogP) is 2.92. The number of thiophene rings is 1. The number of ether oxygens (including phenoxy) is 1. The average Bonchev–Trinajstić information content (AvgIpc) is 2.92. The first-order valence-corrected chi connectivity index (χ1v) is 7.20. The van der Waals surface area contributed by atoms with Crippen LogP contribution in [0.4, 0.5) is 0 Å². The maximum Gasteiger partial charge on any atom is 0.342 e. The van der Waals surface area contributed by atoms with Gasteiger partial charge in [-0.3, -0.25) is 4.79 Å². The summed E-state index contributed by atoms with van der Waals surface area (Å²) in [5.41, 5.74) is 1.18. The predicted molar refractivity (Wildman–Crippen MR) is 85.0 cm³/mol. The molecule has 0 spiro atoms. The summed E-state index contributed by atoms with van der Waals surface area (Å²) < 4.78 is 5.62. The number of benzene rings is 1. The van der Waals surface area contributed by atoms with E-state index in [-0.39, 0.29) is 12.2 Å². The van der Waals surface area contributed by atoms with Gasteiger partial charge in [-0.1, -0.05) is 18.1 Å². The number of nitrogens with zero attached hydrogens (tertiary/aromatic N) is 1. The fourth-order valence-corrected chi connectivity index (χ4v) is 2.92. The largest absolute Gasteiger partial charge is 0.449 e. The van der Waals surface area contributed by atoms with Gasteiger partial charge >= 0.3 is 5.97 Å². The van der Waals surface area contributed by atoms with Crippen LogP contribution in [0.15, 0.2) is 29.2 Å². The topological polar surface area (TPSA) is 67.2 Å². The minimum absolute atomic E-state index is 0.0719. The van der Waals surface area contributed by atoms with Crippen LogP contribution in [-0.2, 0) is 14.3 Å². The van der Waals surface area contributed by atoms with Crippen LogP contribution >= 0.6 is 11.3 Å². The zero-order chi connectivity index (χ0) is 16.1. The molecule has 0 bridgehead atoms. The van der Waals surface area contributed by atoms with Crippen molar-refractivity contribution >= 4 is 39.3 Å². The van der Waals surface area contributed by atoms with E-state index in [9.17, 15) is 9.59 Å². The van der Waals surface area contributed by atoms with Crippen molar-refractivity contribution in [1.29, 1.82) is 5.26 Å². The molecule has 0 radical (unpaired) electrons. The Bertz CT molecular complexity index is 862. The van der Waals surface area contributed by atoms with E-state index < -0.39 is 11.8 Å². The summed E-state index contributed by atoms with van der Waals surface area (Å²) in [6.07, 6.45) is 6.51. The quantitative estimate of drug-likeness (QED) is 0.286. The first-order chi connectivity index (χ1) is 10.6. The molecule has 0 fully saturated rings. The number of ketones is 1. The summed E-state index contributed by atoms with van der Waals surface area (Å²) >= 11 is 1.39. The highest BCUT2D eigenvalue weighted by Crippen LogP contribution is 2.30. The molecule has 0 aliphatic carbocycles. The van der Waals surface area contributed by atoms with Crippen LogP contribution < -0.4 is 0 Å². The lowest BCUT2D eigenvalue weighted by molar-refractivity contribution is -0.138. The Labute approximate surface area is 131 Å². The molecule has 2 rings (SSSR count). The van der Waals surface area contributed by atoms with E-state index >= 15 is 0 Å². The molecule has 0 aliphatic rings. The molecule has 2 aromatic rings. The second-order valence-corrected chi connectivity index (χ2v) is 5.26. The zero-order valence-corrected chi connectivity index (χ0v) is 12.6. The molecule has 1 aromatic heterocycles. The van der Waals surface area contributed by atoms with Crippen LogP contribution in [0.1, 0.15) is 18.1 Å². The number of nitriles is 1. The Morgan fingerprint density at radius 1 is 1.45 bits per heavy atom. The number of terminal acetylenes is 1. The first-order valence-electron chi connectivity index (χ1n) is 6.32. The van der Waals surface area contributed by atoms with Crippen LogP contribution in [0.25, 0.3) is 16.2 Å². The van der Waals surface area contributed by atoms with E-state index in [0.29, 0.717) is 11.1 Å². The molecule has 0 saturated carbocycles. The van der Waals surface area contributed by atoms with Crippen molar-refractivity contribution in [1.82, 2.24) is 0 Å². The molecule has 4 nitrogen and oxygen atoms in total. The zero-order valence-electron chi connectivity index (χ0n) is 11.8. The van der Waals surface area contributed by atoms with E-state index in [2.05, 4.69) is 12.0 Å². The molecule has 5 heteroatoms. The third-order valence-electron chi connectivity index (χ3n) is 2.94. The lowest BCUT2D eigenvalue weighted by Gasteiger charge is -2.03. The smallest absolute Gasteiger partial charge is 0.342 e. The molecule has 22 heavy (non-hydrogen) atoms. The van der Waals surface area contributed by atoms with Gasteiger partial charge in [-0.15, -0.1) is 17.8 Å². The van der Waals surface area contributed by atoms with Crippen LogP contribution in [-0.4, -0.2) is 18.4 Å². The number of hydrogen-bond acceptors (Lipinski definition) is 5. The average molecular weight is 309 g/mol. The number of esters is 1. The highest BCUT2D eigenvalue weighted by atomic mass is 32.1. The van der Waals surface area contributed by atoms with E-state index in [1.165, 1.54) is 24.3 Å². The number of carbonyl (C=O) groups is 2. The summed E-state index contributed by atoms with van der Waals surface area (Å²) in [4.78, 5) is 23.5. The van der Waals surface area contributed by atoms with Gasteiger partial charge < -0.3 is 4.74 Å². The number of Topliss-reactive ketones (excluding diaryl/α,β-unsaturated/α-hetero) is 1. The molecule has 0 amide bonds. The van der Waals surface area contributed by atoms with Crippen molar-refractivity contribution in [3.05, 3.63) is 40.3 Å². The Kier molecular flexibility index (Phi) is 4.73. The number of rotatable bonds is 4. The van der Waals surface area contributed by atoms with E-state index in [4.69, 9.17) is 16.4 Å². The summed E-state index contributed by atoms with van der Waals surface area (Å²) in [7, 11) is 0. The summed E-state index contributed by atoms with van der Waals surface area (Å²) in [6.45, 7) is 1.10.